The highest BCUT2D eigenvalue weighted by Gasteiger charge is 2.18. The minimum atomic E-state index is 0.916. The van der Waals surface area contributed by atoms with Crippen LogP contribution in [0, 0.1) is 5.92 Å². The van der Waals surface area contributed by atoms with Gasteiger partial charge in [-0.2, -0.15) is 0 Å². The van der Waals surface area contributed by atoms with Crippen molar-refractivity contribution >= 4 is 11.3 Å². The molecule has 3 nitrogen and oxygen atoms in total. The Bertz CT molecular complexity index is 343. The molecule has 4 heteroatoms. The van der Waals surface area contributed by atoms with E-state index >= 15 is 0 Å². The second kappa shape index (κ2) is 7.22. The van der Waals surface area contributed by atoms with Crippen LogP contribution in [0.15, 0.2) is 5.38 Å². The smallest absolute Gasteiger partial charge is 0.107 e. The Morgan fingerprint density at radius 2 is 2.17 bits per heavy atom. The van der Waals surface area contributed by atoms with E-state index in [2.05, 4.69) is 29.4 Å². The maximum Gasteiger partial charge on any atom is 0.107 e. The van der Waals surface area contributed by atoms with Crippen LogP contribution in [0.25, 0.3) is 0 Å². The van der Waals surface area contributed by atoms with Crippen LogP contribution in [-0.2, 0) is 13.1 Å². The first-order chi connectivity index (χ1) is 8.81. The Morgan fingerprint density at radius 1 is 1.39 bits per heavy atom. The number of rotatable bonds is 6. The zero-order valence-corrected chi connectivity index (χ0v) is 12.4. The summed E-state index contributed by atoms with van der Waals surface area (Å²) in [5.41, 5.74) is 1.25. The van der Waals surface area contributed by atoms with Gasteiger partial charge in [0.05, 0.1) is 5.69 Å². The molecule has 1 aliphatic heterocycles. The quantitative estimate of drug-likeness (QED) is 0.859. The minimum Gasteiger partial charge on any atom is -0.311 e. The molecular formula is C14H25N3S. The summed E-state index contributed by atoms with van der Waals surface area (Å²) >= 11 is 1.78. The molecule has 18 heavy (non-hydrogen) atoms. The van der Waals surface area contributed by atoms with E-state index in [0.717, 1.165) is 25.6 Å². The normalized spacial score (nSPS) is 18.3. The van der Waals surface area contributed by atoms with E-state index in [1.807, 2.05) is 0 Å². The molecule has 1 N–H and O–H groups in total. The molecule has 1 saturated heterocycles. The number of likely N-dealkylation sites (tertiary alicyclic amines) is 1. The predicted molar refractivity (Wildman–Crippen MR) is 77.8 cm³/mol. The van der Waals surface area contributed by atoms with Crippen LogP contribution in [0.4, 0.5) is 0 Å². The maximum atomic E-state index is 4.70. The Kier molecular flexibility index (Phi) is 5.60. The van der Waals surface area contributed by atoms with Crippen molar-refractivity contribution in [1.82, 2.24) is 15.2 Å². The first-order valence-corrected chi connectivity index (χ1v) is 8.06. The summed E-state index contributed by atoms with van der Waals surface area (Å²) in [6, 6.07) is 0. The molecule has 1 aliphatic rings. The number of hydrogen-bond acceptors (Lipinski definition) is 4. The second-order valence-electron chi connectivity index (χ2n) is 5.14. The lowest BCUT2D eigenvalue weighted by atomic mass is 9.94. The number of aromatic nitrogens is 1. The highest BCUT2D eigenvalue weighted by atomic mass is 32.1. The van der Waals surface area contributed by atoms with Gasteiger partial charge in [0.1, 0.15) is 5.01 Å². The van der Waals surface area contributed by atoms with Crippen molar-refractivity contribution in [2.45, 2.75) is 46.2 Å². The summed E-state index contributed by atoms with van der Waals surface area (Å²) in [7, 11) is 0. The first kappa shape index (κ1) is 14.0. The molecule has 0 unspecified atom stereocenters. The molecule has 0 atom stereocenters. The molecule has 0 spiro atoms. The number of nitrogens with zero attached hydrogens (tertiary/aromatic N) is 2. The first-order valence-electron chi connectivity index (χ1n) is 7.18. The number of hydrogen-bond donors (Lipinski definition) is 1. The Hall–Kier alpha value is -0.450. The summed E-state index contributed by atoms with van der Waals surface area (Å²) in [6.45, 7) is 9.91. The monoisotopic (exact) mass is 267 g/mol. The van der Waals surface area contributed by atoms with Crippen molar-refractivity contribution in [3.8, 4) is 0 Å². The van der Waals surface area contributed by atoms with Crippen molar-refractivity contribution in [2.24, 2.45) is 5.92 Å². The molecule has 0 radical (unpaired) electrons. The molecule has 1 aromatic rings. The van der Waals surface area contributed by atoms with Crippen LogP contribution < -0.4 is 5.32 Å². The summed E-state index contributed by atoms with van der Waals surface area (Å²) in [4.78, 5) is 7.25. The van der Waals surface area contributed by atoms with Crippen LogP contribution >= 0.6 is 11.3 Å². The molecule has 1 fully saturated rings. The second-order valence-corrected chi connectivity index (χ2v) is 6.08. The van der Waals surface area contributed by atoms with Crippen molar-refractivity contribution in [3.63, 3.8) is 0 Å². The van der Waals surface area contributed by atoms with Gasteiger partial charge < -0.3 is 5.32 Å². The van der Waals surface area contributed by atoms with Gasteiger partial charge >= 0.3 is 0 Å². The third-order valence-corrected chi connectivity index (χ3v) is 4.69. The molecule has 2 rings (SSSR count). The lowest BCUT2D eigenvalue weighted by Gasteiger charge is -2.30. The third kappa shape index (κ3) is 4.04. The topological polar surface area (TPSA) is 28.2 Å². The average Bonchev–Trinajstić information content (AvgIpc) is 2.85. The highest BCUT2D eigenvalue weighted by molar-refractivity contribution is 7.09. The van der Waals surface area contributed by atoms with Gasteiger partial charge in [0.15, 0.2) is 0 Å². The largest absolute Gasteiger partial charge is 0.311 e. The Labute approximate surface area is 115 Å². The van der Waals surface area contributed by atoms with Gasteiger partial charge in [-0.3, -0.25) is 4.90 Å². The Morgan fingerprint density at radius 3 is 2.83 bits per heavy atom. The lowest BCUT2D eigenvalue weighted by molar-refractivity contribution is 0.173. The zero-order valence-electron chi connectivity index (χ0n) is 11.6. The SMILES string of the molecule is CCNCc1nc(CN2CCC(CC)CC2)cs1. The predicted octanol–water partition coefficient (Wildman–Crippen LogP) is 2.87. The highest BCUT2D eigenvalue weighted by Crippen LogP contribution is 2.21. The fourth-order valence-corrected chi connectivity index (χ4v) is 3.27. The van der Waals surface area contributed by atoms with E-state index in [1.165, 1.54) is 43.1 Å². The molecule has 0 aromatic carbocycles. The lowest BCUT2D eigenvalue weighted by Crippen LogP contribution is -2.33. The van der Waals surface area contributed by atoms with Crippen LogP contribution in [-0.4, -0.2) is 29.5 Å². The molecule has 0 bridgehead atoms. The van der Waals surface area contributed by atoms with E-state index in [1.54, 1.807) is 11.3 Å². The summed E-state index contributed by atoms with van der Waals surface area (Å²) in [5, 5.41) is 6.77. The Balaban J connectivity index is 1.77. The van der Waals surface area contributed by atoms with Gasteiger partial charge in [-0.15, -0.1) is 11.3 Å². The molecule has 102 valence electrons. The van der Waals surface area contributed by atoms with Crippen molar-refractivity contribution in [2.75, 3.05) is 19.6 Å². The van der Waals surface area contributed by atoms with Crippen molar-refractivity contribution < 1.29 is 0 Å². The minimum absolute atomic E-state index is 0.916. The van der Waals surface area contributed by atoms with Crippen molar-refractivity contribution in [1.29, 1.82) is 0 Å². The molecule has 2 heterocycles. The van der Waals surface area contributed by atoms with Crippen molar-refractivity contribution in [3.05, 3.63) is 16.1 Å². The van der Waals surface area contributed by atoms with Crippen LogP contribution in [0.2, 0.25) is 0 Å². The molecule has 1 aromatic heterocycles. The molecular weight excluding hydrogens is 242 g/mol. The summed E-state index contributed by atoms with van der Waals surface area (Å²) in [6.07, 6.45) is 4.08. The number of piperidine rings is 1. The molecule has 0 saturated carbocycles. The van der Waals surface area contributed by atoms with E-state index in [4.69, 9.17) is 4.98 Å². The van der Waals surface area contributed by atoms with E-state index in [0.29, 0.717) is 0 Å². The maximum absolute atomic E-state index is 4.70. The fourth-order valence-electron chi connectivity index (χ4n) is 2.52. The van der Waals surface area contributed by atoms with Gasteiger partial charge in [-0.05, 0) is 38.4 Å². The number of nitrogens with one attached hydrogen (secondary N) is 1. The van der Waals surface area contributed by atoms with Gasteiger partial charge in [0.2, 0.25) is 0 Å². The standard InChI is InChI=1S/C14H25N3S/c1-3-12-5-7-17(8-6-12)10-13-11-18-14(16-13)9-15-4-2/h11-12,15H,3-10H2,1-2H3. The van der Waals surface area contributed by atoms with Gasteiger partial charge in [-0.25, -0.2) is 4.98 Å². The zero-order chi connectivity index (χ0) is 12.8. The van der Waals surface area contributed by atoms with Gasteiger partial charge in [0, 0.05) is 18.5 Å². The number of thiazole rings is 1. The van der Waals surface area contributed by atoms with E-state index < -0.39 is 0 Å². The van der Waals surface area contributed by atoms with Gasteiger partial charge in [-0.1, -0.05) is 20.3 Å². The molecule has 0 aliphatic carbocycles. The van der Waals surface area contributed by atoms with Gasteiger partial charge in [0.25, 0.3) is 0 Å². The fraction of sp³-hybridized carbons (Fsp3) is 0.786. The van der Waals surface area contributed by atoms with Crippen LogP contribution in [0.3, 0.4) is 0 Å². The van der Waals surface area contributed by atoms with E-state index in [9.17, 15) is 0 Å². The van der Waals surface area contributed by atoms with E-state index in [-0.39, 0.29) is 0 Å². The summed E-state index contributed by atoms with van der Waals surface area (Å²) < 4.78 is 0. The average molecular weight is 267 g/mol. The van der Waals surface area contributed by atoms with Crippen LogP contribution in [0.1, 0.15) is 43.8 Å². The van der Waals surface area contributed by atoms with Crippen LogP contribution in [0.5, 0.6) is 0 Å². The molecule has 0 amide bonds. The third-order valence-electron chi connectivity index (χ3n) is 3.80. The summed E-state index contributed by atoms with van der Waals surface area (Å²) in [5.74, 6) is 0.959.